The Hall–Kier alpha value is -2.80. The van der Waals surface area contributed by atoms with Crippen molar-refractivity contribution in [2.75, 3.05) is 39.5 Å². The number of amides is 2. The van der Waals surface area contributed by atoms with Crippen LogP contribution in [0.25, 0.3) is 0 Å². The minimum absolute atomic E-state index is 0.0564. The van der Waals surface area contributed by atoms with Crippen molar-refractivity contribution in [3.8, 4) is 11.5 Å². The van der Waals surface area contributed by atoms with E-state index in [0.29, 0.717) is 26.1 Å². The van der Waals surface area contributed by atoms with Crippen LogP contribution in [0.3, 0.4) is 0 Å². The third-order valence-electron chi connectivity index (χ3n) is 5.08. The van der Waals surface area contributed by atoms with E-state index in [0.717, 1.165) is 36.7 Å². The first-order valence-electron chi connectivity index (χ1n) is 9.55. The van der Waals surface area contributed by atoms with Gasteiger partial charge in [-0.1, -0.05) is 18.2 Å². The second kappa shape index (κ2) is 8.48. The summed E-state index contributed by atoms with van der Waals surface area (Å²) in [5.41, 5.74) is 2.06. The molecule has 2 aromatic carbocycles. The molecule has 2 amide bonds. The molecule has 148 valence electrons. The fourth-order valence-corrected chi connectivity index (χ4v) is 3.52. The molecule has 2 aliphatic rings. The quantitative estimate of drug-likeness (QED) is 0.860. The van der Waals surface area contributed by atoms with Crippen LogP contribution in [0.4, 0.5) is 9.18 Å². The van der Waals surface area contributed by atoms with Gasteiger partial charge in [0.15, 0.2) is 11.5 Å². The minimum atomic E-state index is -0.248. The van der Waals surface area contributed by atoms with E-state index >= 15 is 0 Å². The standard InChI is InChI=1S/C21H24FN3O3/c22-18-3-1-2-16(12-18)6-7-23-21(26)25-10-8-24(9-11-25)14-17-4-5-19-20(13-17)28-15-27-19/h1-5,12-13H,6-11,14-15H2,(H,23,26). The van der Waals surface area contributed by atoms with Crippen molar-refractivity contribution in [1.82, 2.24) is 15.1 Å². The normalized spacial score (nSPS) is 16.2. The summed E-state index contributed by atoms with van der Waals surface area (Å²) in [6.07, 6.45) is 0.619. The van der Waals surface area contributed by atoms with Gasteiger partial charge in [0.2, 0.25) is 6.79 Å². The number of hydrogen-bond donors (Lipinski definition) is 1. The van der Waals surface area contributed by atoms with E-state index in [9.17, 15) is 9.18 Å². The average molecular weight is 385 g/mol. The van der Waals surface area contributed by atoms with E-state index in [1.807, 2.05) is 23.1 Å². The molecule has 4 rings (SSSR count). The highest BCUT2D eigenvalue weighted by atomic mass is 19.1. The van der Waals surface area contributed by atoms with Gasteiger partial charge in [-0.25, -0.2) is 9.18 Å². The number of carbonyl (C=O) groups excluding carboxylic acids is 1. The lowest BCUT2D eigenvalue weighted by molar-refractivity contribution is 0.135. The highest BCUT2D eigenvalue weighted by Crippen LogP contribution is 2.32. The molecule has 1 saturated heterocycles. The van der Waals surface area contributed by atoms with Crippen molar-refractivity contribution in [2.24, 2.45) is 0 Å². The van der Waals surface area contributed by atoms with E-state index in [1.54, 1.807) is 6.07 Å². The number of hydrogen-bond acceptors (Lipinski definition) is 4. The summed E-state index contributed by atoms with van der Waals surface area (Å²) in [5, 5.41) is 2.93. The number of benzene rings is 2. The molecular formula is C21H24FN3O3. The minimum Gasteiger partial charge on any atom is -0.454 e. The van der Waals surface area contributed by atoms with Crippen molar-refractivity contribution in [1.29, 1.82) is 0 Å². The van der Waals surface area contributed by atoms with Gasteiger partial charge < -0.3 is 19.7 Å². The average Bonchev–Trinajstić information content (AvgIpc) is 3.16. The number of carbonyl (C=O) groups is 1. The van der Waals surface area contributed by atoms with Crippen molar-refractivity contribution in [2.45, 2.75) is 13.0 Å². The zero-order chi connectivity index (χ0) is 19.3. The molecule has 0 unspecified atom stereocenters. The first kappa shape index (κ1) is 18.6. The summed E-state index contributed by atoms with van der Waals surface area (Å²) in [6.45, 7) is 4.64. The fraction of sp³-hybridized carbons (Fsp3) is 0.381. The summed E-state index contributed by atoms with van der Waals surface area (Å²) in [6, 6.07) is 12.4. The van der Waals surface area contributed by atoms with E-state index in [-0.39, 0.29) is 18.6 Å². The second-order valence-corrected chi connectivity index (χ2v) is 7.06. The molecule has 2 aliphatic heterocycles. The SMILES string of the molecule is O=C(NCCc1cccc(F)c1)N1CCN(Cc2ccc3c(c2)OCO3)CC1. The summed E-state index contributed by atoms with van der Waals surface area (Å²) >= 11 is 0. The topological polar surface area (TPSA) is 54.0 Å². The summed E-state index contributed by atoms with van der Waals surface area (Å²) in [5.74, 6) is 1.35. The number of urea groups is 1. The highest BCUT2D eigenvalue weighted by Gasteiger charge is 2.21. The van der Waals surface area contributed by atoms with Crippen LogP contribution in [-0.4, -0.2) is 55.3 Å². The first-order chi connectivity index (χ1) is 13.7. The fourth-order valence-electron chi connectivity index (χ4n) is 3.52. The Kier molecular flexibility index (Phi) is 5.62. The zero-order valence-electron chi connectivity index (χ0n) is 15.7. The Balaban J connectivity index is 1.20. The molecule has 0 spiro atoms. The number of fused-ring (bicyclic) bond motifs is 1. The van der Waals surface area contributed by atoms with Crippen LogP contribution in [0.2, 0.25) is 0 Å². The molecule has 7 heteroatoms. The van der Waals surface area contributed by atoms with Crippen molar-refractivity contribution < 1.29 is 18.7 Å². The van der Waals surface area contributed by atoms with Gasteiger partial charge in [-0.05, 0) is 41.8 Å². The predicted molar refractivity (Wildman–Crippen MR) is 103 cm³/mol. The second-order valence-electron chi connectivity index (χ2n) is 7.06. The Labute approximate surface area is 163 Å². The van der Waals surface area contributed by atoms with Gasteiger partial charge in [0, 0.05) is 39.3 Å². The van der Waals surface area contributed by atoms with Gasteiger partial charge in [0.05, 0.1) is 0 Å². The molecule has 0 bridgehead atoms. The number of nitrogens with zero attached hydrogens (tertiary/aromatic N) is 2. The summed E-state index contributed by atoms with van der Waals surface area (Å²) in [4.78, 5) is 16.5. The van der Waals surface area contributed by atoms with Gasteiger partial charge in [0.25, 0.3) is 0 Å². The predicted octanol–water partition coefficient (Wildman–Crippen LogP) is 2.62. The lowest BCUT2D eigenvalue weighted by atomic mass is 10.1. The first-order valence-corrected chi connectivity index (χ1v) is 9.55. The molecule has 0 saturated carbocycles. The molecule has 6 nitrogen and oxygen atoms in total. The lowest BCUT2D eigenvalue weighted by Crippen LogP contribution is -2.51. The Morgan fingerprint density at radius 2 is 1.82 bits per heavy atom. The van der Waals surface area contributed by atoms with Gasteiger partial charge in [-0.3, -0.25) is 4.90 Å². The molecule has 0 atom stereocenters. The van der Waals surface area contributed by atoms with Crippen LogP contribution >= 0.6 is 0 Å². The van der Waals surface area contributed by atoms with E-state index in [4.69, 9.17) is 9.47 Å². The van der Waals surface area contributed by atoms with Gasteiger partial charge >= 0.3 is 6.03 Å². The molecule has 1 N–H and O–H groups in total. The van der Waals surface area contributed by atoms with E-state index in [2.05, 4.69) is 16.3 Å². The Morgan fingerprint density at radius 3 is 2.64 bits per heavy atom. The van der Waals surface area contributed by atoms with Crippen molar-refractivity contribution in [3.63, 3.8) is 0 Å². The molecule has 1 fully saturated rings. The number of piperazine rings is 1. The Morgan fingerprint density at radius 1 is 1.00 bits per heavy atom. The van der Waals surface area contributed by atoms with Gasteiger partial charge in [-0.2, -0.15) is 0 Å². The van der Waals surface area contributed by atoms with E-state index < -0.39 is 0 Å². The number of halogens is 1. The molecule has 0 aromatic heterocycles. The molecule has 0 aliphatic carbocycles. The maximum Gasteiger partial charge on any atom is 0.317 e. The smallest absolute Gasteiger partial charge is 0.317 e. The summed E-state index contributed by atoms with van der Waals surface area (Å²) < 4.78 is 24.0. The maximum atomic E-state index is 13.2. The number of ether oxygens (including phenoxy) is 2. The van der Waals surface area contributed by atoms with Crippen LogP contribution in [0.15, 0.2) is 42.5 Å². The van der Waals surface area contributed by atoms with Crippen LogP contribution in [0.5, 0.6) is 11.5 Å². The monoisotopic (exact) mass is 385 g/mol. The number of nitrogens with one attached hydrogen (secondary N) is 1. The molecule has 2 aromatic rings. The number of rotatable bonds is 5. The van der Waals surface area contributed by atoms with Crippen LogP contribution < -0.4 is 14.8 Å². The van der Waals surface area contributed by atoms with E-state index in [1.165, 1.54) is 17.7 Å². The van der Waals surface area contributed by atoms with Gasteiger partial charge in [0.1, 0.15) is 5.82 Å². The van der Waals surface area contributed by atoms with Crippen molar-refractivity contribution in [3.05, 3.63) is 59.4 Å². The van der Waals surface area contributed by atoms with Crippen LogP contribution in [0.1, 0.15) is 11.1 Å². The zero-order valence-corrected chi connectivity index (χ0v) is 15.7. The third-order valence-corrected chi connectivity index (χ3v) is 5.08. The van der Waals surface area contributed by atoms with Crippen LogP contribution in [0, 0.1) is 5.82 Å². The van der Waals surface area contributed by atoms with Gasteiger partial charge in [-0.15, -0.1) is 0 Å². The largest absolute Gasteiger partial charge is 0.454 e. The summed E-state index contributed by atoms with van der Waals surface area (Å²) in [7, 11) is 0. The van der Waals surface area contributed by atoms with Crippen molar-refractivity contribution >= 4 is 6.03 Å². The Bertz CT molecular complexity index is 837. The maximum absolute atomic E-state index is 13.2. The molecular weight excluding hydrogens is 361 g/mol. The third kappa shape index (κ3) is 4.54. The molecule has 28 heavy (non-hydrogen) atoms. The molecule has 2 heterocycles. The molecule has 0 radical (unpaired) electrons. The highest BCUT2D eigenvalue weighted by molar-refractivity contribution is 5.74. The lowest BCUT2D eigenvalue weighted by Gasteiger charge is -2.34. The van der Waals surface area contributed by atoms with Crippen LogP contribution in [-0.2, 0) is 13.0 Å².